The lowest BCUT2D eigenvalue weighted by molar-refractivity contribution is 0.102. The average Bonchev–Trinajstić information content (AvgIpc) is 3.34. The number of thiophene rings is 1. The molecule has 0 saturated carbocycles. The SMILES string of the molecule is COc1ccc(NC(=O)c2cc(-c3ccccc3OC)c(=O)n3ccc4ccsc4c23)cc1. The molecule has 0 bridgehead atoms. The van der Waals surface area contributed by atoms with Gasteiger partial charge in [0.05, 0.1) is 35.6 Å². The van der Waals surface area contributed by atoms with Crippen molar-refractivity contribution in [2.24, 2.45) is 0 Å². The number of hydrogen-bond acceptors (Lipinski definition) is 5. The first-order valence-corrected chi connectivity index (χ1v) is 11.1. The largest absolute Gasteiger partial charge is 0.497 e. The van der Waals surface area contributed by atoms with E-state index in [4.69, 9.17) is 9.47 Å². The third-order valence-corrected chi connectivity index (χ3v) is 6.47. The van der Waals surface area contributed by atoms with Gasteiger partial charge in [0, 0.05) is 17.4 Å². The summed E-state index contributed by atoms with van der Waals surface area (Å²) < 4.78 is 13.1. The van der Waals surface area contributed by atoms with Gasteiger partial charge in [-0.05, 0) is 59.3 Å². The maximum Gasteiger partial charge on any atom is 0.263 e. The molecule has 164 valence electrons. The van der Waals surface area contributed by atoms with Crippen LogP contribution in [0.25, 0.3) is 26.7 Å². The van der Waals surface area contributed by atoms with E-state index in [0.29, 0.717) is 39.4 Å². The lowest BCUT2D eigenvalue weighted by Gasteiger charge is -2.14. The van der Waals surface area contributed by atoms with Crippen LogP contribution in [-0.2, 0) is 0 Å². The Morgan fingerprint density at radius 2 is 1.73 bits per heavy atom. The molecular weight excluding hydrogens is 436 g/mol. The first kappa shape index (κ1) is 20.8. The van der Waals surface area contributed by atoms with Crippen LogP contribution in [0.4, 0.5) is 5.69 Å². The Morgan fingerprint density at radius 1 is 0.939 bits per heavy atom. The number of para-hydroxylation sites is 1. The minimum Gasteiger partial charge on any atom is -0.497 e. The Labute approximate surface area is 193 Å². The summed E-state index contributed by atoms with van der Waals surface area (Å²) in [5.74, 6) is 0.950. The van der Waals surface area contributed by atoms with Crippen LogP contribution in [-0.4, -0.2) is 24.5 Å². The number of aromatic nitrogens is 1. The van der Waals surface area contributed by atoms with E-state index in [0.717, 1.165) is 10.1 Å². The van der Waals surface area contributed by atoms with Gasteiger partial charge in [-0.3, -0.25) is 14.0 Å². The standard InChI is InChI=1S/C26H20N2O4S/c1-31-18-9-7-17(8-10-18)27-25(29)21-15-20(19-5-3-4-6-22(19)32-2)26(30)28-13-11-16-12-14-33-24(16)23(21)28/h3-15H,1-2H3,(H,27,29). The highest BCUT2D eigenvalue weighted by molar-refractivity contribution is 7.18. The number of anilines is 1. The molecule has 0 aliphatic rings. The van der Waals surface area contributed by atoms with Crippen molar-refractivity contribution >= 4 is 38.5 Å². The van der Waals surface area contributed by atoms with Crippen LogP contribution in [0.1, 0.15) is 10.4 Å². The Hall–Kier alpha value is -4.10. The minimum absolute atomic E-state index is 0.217. The molecule has 3 aromatic heterocycles. The van der Waals surface area contributed by atoms with Crippen LogP contribution in [0.2, 0.25) is 0 Å². The lowest BCUT2D eigenvalue weighted by atomic mass is 10.0. The fraction of sp³-hybridized carbons (Fsp3) is 0.0769. The molecule has 0 atom stereocenters. The number of benzene rings is 2. The second kappa shape index (κ2) is 8.44. The number of pyridine rings is 2. The summed E-state index contributed by atoms with van der Waals surface area (Å²) in [6.45, 7) is 0. The van der Waals surface area contributed by atoms with Crippen molar-refractivity contribution in [2.75, 3.05) is 19.5 Å². The normalized spacial score (nSPS) is 11.0. The van der Waals surface area contributed by atoms with Crippen LogP contribution in [0.15, 0.2) is 83.1 Å². The fourth-order valence-corrected chi connectivity index (χ4v) is 4.86. The highest BCUT2D eigenvalue weighted by Gasteiger charge is 2.20. The first-order valence-electron chi connectivity index (χ1n) is 10.2. The summed E-state index contributed by atoms with van der Waals surface area (Å²) in [5, 5.41) is 5.88. The molecule has 0 fully saturated rings. The van der Waals surface area contributed by atoms with E-state index in [-0.39, 0.29) is 11.5 Å². The van der Waals surface area contributed by atoms with E-state index < -0.39 is 0 Å². The molecule has 0 radical (unpaired) electrons. The molecule has 0 aliphatic heterocycles. The van der Waals surface area contributed by atoms with Crippen molar-refractivity contribution in [1.29, 1.82) is 0 Å². The lowest BCUT2D eigenvalue weighted by Crippen LogP contribution is -2.21. The highest BCUT2D eigenvalue weighted by atomic mass is 32.1. The molecule has 2 aromatic carbocycles. The number of carbonyl (C=O) groups is 1. The smallest absolute Gasteiger partial charge is 0.263 e. The summed E-state index contributed by atoms with van der Waals surface area (Å²) in [7, 11) is 3.15. The van der Waals surface area contributed by atoms with Gasteiger partial charge < -0.3 is 14.8 Å². The Bertz CT molecular complexity index is 1550. The molecule has 0 saturated heterocycles. The number of amides is 1. The van der Waals surface area contributed by atoms with Gasteiger partial charge >= 0.3 is 0 Å². The summed E-state index contributed by atoms with van der Waals surface area (Å²) in [4.78, 5) is 27.0. The van der Waals surface area contributed by atoms with Gasteiger partial charge in [0.25, 0.3) is 11.5 Å². The van der Waals surface area contributed by atoms with E-state index in [1.807, 2.05) is 35.7 Å². The molecule has 0 spiro atoms. The van der Waals surface area contributed by atoms with Gasteiger partial charge in [-0.25, -0.2) is 0 Å². The van der Waals surface area contributed by atoms with Crippen molar-refractivity contribution in [3.63, 3.8) is 0 Å². The summed E-state index contributed by atoms with van der Waals surface area (Å²) in [6.07, 6.45) is 1.72. The van der Waals surface area contributed by atoms with Gasteiger partial charge in [-0.15, -0.1) is 11.3 Å². The van der Waals surface area contributed by atoms with E-state index >= 15 is 0 Å². The van der Waals surface area contributed by atoms with Crippen molar-refractivity contribution in [3.05, 3.63) is 94.2 Å². The maximum absolute atomic E-state index is 13.5. The maximum atomic E-state index is 13.5. The molecule has 7 heteroatoms. The van der Waals surface area contributed by atoms with E-state index in [1.165, 1.54) is 11.3 Å². The molecule has 33 heavy (non-hydrogen) atoms. The van der Waals surface area contributed by atoms with Crippen LogP contribution in [0.5, 0.6) is 11.5 Å². The summed E-state index contributed by atoms with van der Waals surface area (Å²) >= 11 is 1.50. The number of carbonyl (C=O) groups excluding carboxylic acids is 1. The molecular formula is C26H20N2O4S. The fourth-order valence-electron chi connectivity index (χ4n) is 3.91. The molecule has 1 N–H and O–H groups in total. The zero-order chi connectivity index (χ0) is 22.9. The predicted octanol–water partition coefficient (Wildman–Crippen LogP) is 5.45. The number of methoxy groups -OCH3 is 2. The Balaban J connectivity index is 1.74. The van der Waals surface area contributed by atoms with Gasteiger partial charge in [0.15, 0.2) is 0 Å². The number of nitrogens with one attached hydrogen (secondary N) is 1. The number of nitrogens with zero attached hydrogens (tertiary/aromatic N) is 1. The second-order valence-corrected chi connectivity index (χ2v) is 8.32. The van der Waals surface area contributed by atoms with Crippen LogP contribution >= 0.6 is 11.3 Å². The summed E-state index contributed by atoms with van der Waals surface area (Å²) in [5.41, 5.74) is 2.41. The summed E-state index contributed by atoms with van der Waals surface area (Å²) in [6, 6.07) is 19.9. The number of fused-ring (bicyclic) bond motifs is 3. The van der Waals surface area contributed by atoms with E-state index in [9.17, 15) is 9.59 Å². The second-order valence-electron chi connectivity index (χ2n) is 7.40. The van der Waals surface area contributed by atoms with Crippen LogP contribution < -0.4 is 20.3 Å². The average molecular weight is 457 g/mol. The molecule has 1 amide bonds. The quantitative estimate of drug-likeness (QED) is 0.382. The van der Waals surface area contributed by atoms with Gasteiger partial charge in [0.1, 0.15) is 11.5 Å². The van der Waals surface area contributed by atoms with Crippen molar-refractivity contribution in [1.82, 2.24) is 4.40 Å². The molecule has 5 rings (SSSR count). The van der Waals surface area contributed by atoms with Crippen LogP contribution in [0, 0.1) is 0 Å². The molecule has 3 heterocycles. The molecule has 0 aliphatic carbocycles. The van der Waals surface area contributed by atoms with Crippen LogP contribution in [0.3, 0.4) is 0 Å². The van der Waals surface area contributed by atoms with Gasteiger partial charge in [-0.2, -0.15) is 0 Å². The topological polar surface area (TPSA) is 69.0 Å². The van der Waals surface area contributed by atoms with Gasteiger partial charge in [0.2, 0.25) is 0 Å². The van der Waals surface area contributed by atoms with E-state index in [1.54, 1.807) is 61.2 Å². The third-order valence-electron chi connectivity index (χ3n) is 5.54. The third kappa shape index (κ3) is 3.62. The number of hydrogen-bond donors (Lipinski definition) is 1. The van der Waals surface area contributed by atoms with E-state index in [2.05, 4.69) is 5.32 Å². The zero-order valence-corrected chi connectivity index (χ0v) is 18.8. The zero-order valence-electron chi connectivity index (χ0n) is 18.0. The minimum atomic E-state index is -0.310. The molecule has 0 unspecified atom stereocenters. The van der Waals surface area contributed by atoms with Crippen molar-refractivity contribution in [2.45, 2.75) is 0 Å². The van der Waals surface area contributed by atoms with Crippen molar-refractivity contribution < 1.29 is 14.3 Å². The number of ether oxygens (including phenoxy) is 2. The monoisotopic (exact) mass is 456 g/mol. The first-order chi connectivity index (χ1) is 16.1. The predicted molar refractivity (Wildman–Crippen MR) is 132 cm³/mol. The number of rotatable bonds is 5. The Morgan fingerprint density at radius 3 is 2.48 bits per heavy atom. The molecule has 5 aromatic rings. The highest BCUT2D eigenvalue weighted by Crippen LogP contribution is 2.32. The van der Waals surface area contributed by atoms with Crippen molar-refractivity contribution in [3.8, 4) is 22.6 Å². The molecule has 6 nitrogen and oxygen atoms in total. The van der Waals surface area contributed by atoms with Gasteiger partial charge in [-0.1, -0.05) is 18.2 Å². The Kier molecular flexibility index (Phi) is 5.32.